The van der Waals surface area contributed by atoms with Crippen molar-refractivity contribution in [1.29, 1.82) is 0 Å². The van der Waals surface area contributed by atoms with Crippen LogP contribution in [0.1, 0.15) is 6.92 Å². The predicted molar refractivity (Wildman–Crippen MR) is 19.5 cm³/mol. The first-order valence-electron chi connectivity index (χ1n) is 1.15. The standard InChI is InChI=1S/C3H6N/c1-3-4-2/h3H,2H2,1H3. The first-order chi connectivity index (χ1) is 1.91. The lowest BCUT2D eigenvalue weighted by Crippen LogP contribution is -1.43. The molecule has 0 aliphatic carbocycles. The van der Waals surface area contributed by atoms with E-state index in [0.29, 0.717) is 0 Å². The van der Waals surface area contributed by atoms with E-state index in [1.54, 1.807) is 6.21 Å². The molecular weight excluding hydrogens is 50.0 g/mol. The fraction of sp³-hybridized carbons (Fsp3) is 0.333. The normalized spacial score (nSPS) is 9.50. The molecule has 1 radical (unpaired) electrons. The van der Waals surface area contributed by atoms with Gasteiger partial charge in [-0.2, -0.15) is 0 Å². The summed E-state index contributed by atoms with van der Waals surface area (Å²) in [6.45, 7) is 1.83. The lowest BCUT2D eigenvalue weighted by Gasteiger charge is -1.52. The van der Waals surface area contributed by atoms with Crippen molar-refractivity contribution >= 4 is 6.21 Å². The lowest BCUT2D eigenvalue weighted by molar-refractivity contribution is 1.60. The number of hydrogen-bond donors (Lipinski definition) is 0. The zero-order valence-electron chi connectivity index (χ0n) is 2.73. The number of rotatable bonds is 0. The Morgan fingerprint density at radius 1 is 2.00 bits per heavy atom. The zero-order valence-corrected chi connectivity index (χ0v) is 2.73. The van der Waals surface area contributed by atoms with E-state index in [4.69, 9.17) is 0 Å². The van der Waals surface area contributed by atoms with Crippen LogP contribution in [0, 0.1) is 7.05 Å². The zero-order chi connectivity index (χ0) is 3.41. The number of nitrogens with zero attached hydrogens (tertiary/aromatic N) is 1. The highest BCUT2D eigenvalue weighted by molar-refractivity contribution is 5.53. The van der Waals surface area contributed by atoms with Gasteiger partial charge < -0.3 is 0 Å². The van der Waals surface area contributed by atoms with Crippen LogP contribution in [0.3, 0.4) is 0 Å². The van der Waals surface area contributed by atoms with Gasteiger partial charge in [-0.05, 0) is 13.1 Å². The van der Waals surface area contributed by atoms with Crippen molar-refractivity contribution in [2.45, 2.75) is 6.92 Å². The van der Waals surface area contributed by atoms with Gasteiger partial charge in [0.1, 0.15) is 0 Å². The molecule has 0 rings (SSSR count). The smallest absolute Gasteiger partial charge is 0.0581 e. The van der Waals surface area contributed by atoms with Crippen LogP contribution in [0.15, 0.2) is 4.99 Å². The average molecular weight is 56.1 g/mol. The van der Waals surface area contributed by atoms with Crippen LogP contribution in [-0.4, -0.2) is 6.21 Å². The van der Waals surface area contributed by atoms with Crippen LogP contribution in [0.4, 0.5) is 0 Å². The van der Waals surface area contributed by atoms with Gasteiger partial charge >= 0.3 is 0 Å². The summed E-state index contributed by atoms with van der Waals surface area (Å²) in [5, 5.41) is 0. The van der Waals surface area contributed by atoms with Crippen molar-refractivity contribution in [2.75, 3.05) is 0 Å². The molecule has 1 heteroatoms. The van der Waals surface area contributed by atoms with Crippen LogP contribution in [0.2, 0.25) is 0 Å². The van der Waals surface area contributed by atoms with E-state index in [0.717, 1.165) is 0 Å². The summed E-state index contributed by atoms with van der Waals surface area (Å²) in [7, 11) is 3.17. The van der Waals surface area contributed by atoms with E-state index in [2.05, 4.69) is 12.0 Å². The molecule has 0 aromatic rings. The summed E-state index contributed by atoms with van der Waals surface area (Å²) in [6.07, 6.45) is 1.64. The third-order valence-corrected chi connectivity index (χ3v) is 0.183. The first-order valence-corrected chi connectivity index (χ1v) is 1.15. The highest BCUT2D eigenvalue weighted by Gasteiger charge is 1.33. The Labute approximate surface area is 26.4 Å². The van der Waals surface area contributed by atoms with E-state index in [-0.39, 0.29) is 0 Å². The summed E-state index contributed by atoms with van der Waals surface area (Å²) in [6, 6.07) is 0. The maximum absolute atomic E-state index is 3.36. The van der Waals surface area contributed by atoms with Crippen LogP contribution < -0.4 is 0 Å². The Morgan fingerprint density at radius 3 is 2.25 bits per heavy atom. The second-order valence-corrected chi connectivity index (χ2v) is 0.441. The molecule has 0 unspecified atom stereocenters. The van der Waals surface area contributed by atoms with Crippen LogP contribution in [0.5, 0.6) is 0 Å². The molecule has 0 aromatic heterocycles. The van der Waals surface area contributed by atoms with Gasteiger partial charge in [-0.1, -0.05) is 0 Å². The molecule has 0 heterocycles. The summed E-state index contributed by atoms with van der Waals surface area (Å²) in [5.74, 6) is 0. The van der Waals surface area contributed by atoms with E-state index < -0.39 is 0 Å². The van der Waals surface area contributed by atoms with E-state index >= 15 is 0 Å². The quantitative estimate of drug-likeness (QED) is 0.365. The largest absolute Gasteiger partial charge is 0.296 e. The minimum absolute atomic E-state index is 1.64. The average Bonchev–Trinajstić information content (AvgIpc) is 1.37. The minimum Gasteiger partial charge on any atom is -0.296 e. The second kappa shape index (κ2) is 2.67. The molecular formula is C3H6N. The van der Waals surface area contributed by atoms with Gasteiger partial charge in [0.2, 0.25) is 0 Å². The molecule has 23 valence electrons. The fourth-order valence-corrected chi connectivity index (χ4v) is 0. The maximum Gasteiger partial charge on any atom is 0.0581 e. The summed E-state index contributed by atoms with van der Waals surface area (Å²) in [5.41, 5.74) is 0. The van der Waals surface area contributed by atoms with E-state index in [9.17, 15) is 0 Å². The Morgan fingerprint density at radius 2 is 2.25 bits per heavy atom. The minimum atomic E-state index is 1.64. The van der Waals surface area contributed by atoms with Crippen LogP contribution in [-0.2, 0) is 0 Å². The Hall–Kier alpha value is -0.330. The topological polar surface area (TPSA) is 12.4 Å². The molecule has 0 saturated heterocycles. The Bertz CT molecular complexity index is 18.5. The van der Waals surface area contributed by atoms with Gasteiger partial charge in [-0.3, -0.25) is 4.99 Å². The Kier molecular flexibility index (Phi) is 2.45. The lowest BCUT2D eigenvalue weighted by atomic mass is 10.9. The van der Waals surface area contributed by atoms with Gasteiger partial charge in [-0.25, -0.2) is 0 Å². The molecule has 0 N–H and O–H groups in total. The third kappa shape index (κ3) is 1.67. The molecule has 0 aliphatic rings. The SMILES string of the molecule is [CH2]N=CC. The number of aliphatic imine (C=N–C) groups is 1. The van der Waals surface area contributed by atoms with E-state index in [1.807, 2.05) is 6.92 Å². The molecule has 0 saturated carbocycles. The molecule has 0 aliphatic heterocycles. The van der Waals surface area contributed by atoms with Crippen molar-refractivity contribution in [3.05, 3.63) is 7.05 Å². The molecule has 0 amide bonds. The van der Waals surface area contributed by atoms with Gasteiger partial charge in [0.05, 0.1) is 7.05 Å². The van der Waals surface area contributed by atoms with Gasteiger partial charge in [-0.15, -0.1) is 0 Å². The molecule has 4 heavy (non-hydrogen) atoms. The Balaban J connectivity index is 2.55. The van der Waals surface area contributed by atoms with Gasteiger partial charge in [0, 0.05) is 0 Å². The van der Waals surface area contributed by atoms with E-state index in [1.165, 1.54) is 0 Å². The fourth-order valence-electron chi connectivity index (χ4n) is 0. The van der Waals surface area contributed by atoms with Crippen molar-refractivity contribution < 1.29 is 0 Å². The van der Waals surface area contributed by atoms with Crippen molar-refractivity contribution in [3.8, 4) is 0 Å². The molecule has 1 nitrogen and oxygen atoms in total. The maximum atomic E-state index is 3.36. The highest BCUT2D eigenvalue weighted by Crippen LogP contribution is 1.44. The molecule has 0 atom stereocenters. The second-order valence-electron chi connectivity index (χ2n) is 0.441. The van der Waals surface area contributed by atoms with Crippen molar-refractivity contribution in [2.24, 2.45) is 4.99 Å². The predicted octanol–water partition coefficient (Wildman–Crippen LogP) is 0.869. The van der Waals surface area contributed by atoms with Crippen LogP contribution in [0.25, 0.3) is 0 Å². The van der Waals surface area contributed by atoms with Gasteiger partial charge in [0.15, 0.2) is 0 Å². The van der Waals surface area contributed by atoms with Crippen molar-refractivity contribution in [1.82, 2.24) is 0 Å². The van der Waals surface area contributed by atoms with Crippen molar-refractivity contribution in [3.63, 3.8) is 0 Å². The molecule has 0 aromatic carbocycles. The molecule has 0 fully saturated rings. The summed E-state index contributed by atoms with van der Waals surface area (Å²) < 4.78 is 0. The monoisotopic (exact) mass is 56.1 g/mol. The number of hydrogen-bond acceptors (Lipinski definition) is 1. The summed E-state index contributed by atoms with van der Waals surface area (Å²) in [4.78, 5) is 3.36. The third-order valence-electron chi connectivity index (χ3n) is 0.183. The summed E-state index contributed by atoms with van der Waals surface area (Å²) >= 11 is 0. The highest BCUT2D eigenvalue weighted by atomic mass is 14.6. The van der Waals surface area contributed by atoms with Crippen LogP contribution >= 0.6 is 0 Å². The molecule has 0 bridgehead atoms. The van der Waals surface area contributed by atoms with Gasteiger partial charge in [0.25, 0.3) is 0 Å². The molecule has 0 spiro atoms. The first kappa shape index (κ1) is 3.67.